The molecule has 1 saturated carbocycles. The molecular weight excluding hydrogens is 252 g/mol. The monoisotopic (exact) mass is 276 g/mol. The maximum Gasteiger partial charge on any atom is 0.253 e. The summed E-state index contributed by atoms with van der Waals surface area (Å²) in [4.78, 5) is 14.2. The zero-order valence-electron chi connectivity index (χ0n) is 12.3. The quantitative estimate of drug-likeness (QED) is 0.888. The molecule has 2 rings (SSSR count). The lowest BCUT2D eigenvalue weighted by atomic mass is 9.90. The number of amides is 1. The Labute approximate surface area is 120 Å². The number of hydrogen-bond donors (Lipinski definition) is 2. The Morgan fingerprint density at radius 3 is 2.65 bits per heavy atom. The number of carbonyl (C=O) groups is 1. The van der Waals surface area contributed by atoms with E-state index in [0.717, 1.165) is 32.2 Å². The van der Waals surface area contributed by atoms with Crippen LogP contribution in [0.25, 0.3) is 0 Å². The molecule has 1 aliphatic carbocycles. The topological polar surface area (TPSA) is 52.6 Å². The van der Waals surface area contributed by atoms with E-state index >= 15 is 0 Å². The van der Waals surface area contributed by atoms with Gasteiger partial charge in [0, 0.05) is 24.7 Å². The van der Waals surface area contributed by atoms with Crippen molar-refractivity contribution < 1.29 is 9.90 Å². The Morgan fingerprint density at radius 1 is 1.35 bits per heavy atom. The molecule has 1 aromatic carbocycles. The van der Waals surface area contributed by atoms with E-state index in [4.69, 9.17) is 0 Å². The van der Waals surface area contributed by atoms with Crippen LogP contribution in [0, 0.1) is 0 Å². The fourth-order valence-electron chi connectivity index (χ4n) is 2.96. The number of benzene rings is 1. The molecule has 0 saturated heterocycles. The standard InChI is InChI=1S/C16H24N2O2/c1-3-17-13-7-9-14(10-8-13)18(2)16(20)12-5-4-6-15(19)11-12/h4-6,11,13-14,17,19H,3,7-10H2,1-2H3. The van der Waals surface area contributed by atoms with Crippen LogP contribution in [-0.4, -0.2) is 41.6 Å². The fraction of sp³-hybridized carbons (Fsp3) is 0.562. The first-order valence-corrected chi connectivity index (χ1v) is 7.41. The first kappa shape index (κ1) is 14.9. The molecule has 0 unspecified atom stereocenters. The van der Waals surface area contributed by atoms with Gasteiger partial charge in [0.05, 0.1) is 0 Å². The van der Waals surface area contributed by atoms with Crippen LogP contribution in [0.15, 0.2) is 24.3 Å². The van der Waals surface area contributed by atoms with Crippen LogP contribution in [0.2, 0.25) is 0 Å². The number of nitrogens with zero attached hydrogens (tertiary/aromatic N) is 1. The molecule has 4 nitrogen and oxygen atoms in total. The second-order valence-corrected chi connectivity index (χ2v) is 5.53. The Hall–Kier alpha value is -1.55. The summed E-state index contributed by atoms with van der Waals surface area (Å²) in [7, 11) is 1.87. The highest BCUT2D eigenvalue weighted by molar-refractivity contribution is 5.94. The number of phenols is 1. The first-order valence-electron chi connectivity index (χ1n) is 7.41. The van der Waals surface area contributed by atoms with Crippen LogP contribution in [0.3, 0.4) is 0 Å². The van der Waals surface area contributed by atoms with Crippen molar-refractivity contribution in [2.75, 3.05) is 13.6 Å². The molecule has 110 valence electrons. The van der Waals surface area contributed by atoms with E-state index in [1.54, 1.807) is 18.2 Å². The Bertz CT molecular complexity index is 454. The van der Waals surface area contributed by atoms with Gasteiger partial charge in [-0.1, -0.05) is 13.0 Å². The average molecular weight is 276 g/mol. The maximum absolute atomic E-state index is 12.4. The van der Waals surface area contributed by atoms with Gasteiger partial charge in [0.2, 0.25) is 0 Å². The van der Waals surface area contributed by atoms with Gasteiger partial charge in [-0.05, 0) is 50.4 Å². The molecule has 1 fully saturated rings. The van der Waals surface area contributed by atoms with Gasteiger partial charge in [0.1, 0.15) is 5.75 Å². The largest absolute Gasteiger partial charge is 0.508 e. The van der Waals surface area contributed by atoms with Crippen molar-refractivity contribution in [3.05, 3.63) is 29.8 Å². The summed E-state index contributed by atoms with van der Waals surface area (Å²) in [6.07, 6.45) is 4.32. The summed E-state index contributed by atoms with van der Waals surface area (Å²) in [5.74, 6) is 0.132. The molecular formula is C16H24N2O2. The van der Waals surface area contributed by atoms with Gasteiger partial charge in [-0.2, -0.15) is 0 Å². The number of hydrogen-bond acceptors (Lipinski definition) is 3. The fourth-order valence-corrected chi connectivity index (χ4v) is 2.96. The van der Waals surface area contributed by atoms with Gasteiger partial charge in [0.25, 0.3) is 5.91 Å². The van der Waals surface area contributed by atoms with Crippen molar-refractivity contribution in [2.45, 2.75) is 44.7 Å². The molecule has 1 amide bonds. The Balaban J connectivity index is 1.95. The Morgan fingerprint density at radius 2 is 2.05 bits per heavy atom. The minimum absolute atomic E-state index is 0.00667. The molecule has 0 aromatic heterocycles. The van der Waals surface area contributed by atoms with E-state index in [1.807, 2.05) is 11.9 Å². The molecule has 0 atom stereocenters. The van der Waals surface area contributed by atoms with E-state index in [1.165, 1.54) is 6.07 Å². The number of phenolic OH excluding ortho intramolecular Hbond substituents is 1. The third kappa shape index (κ3) is 3.51. The smallest absolute Gasteiger partial charge is 0.253 e. The second kappa shape index (κ2) is 6.75. The molecule has 4 heteroatoms. The van der Waals surface area contributed by atoms with Gasteiger partial charge in [-0.15, -0.1) is 0 Å². The molecule has 0 radical (unpaired) electrons. The molecule has 0 aliphatic heterocycles. The van der Waals surface area contributed by atoms with Gasteiger partial charge >= 0.3 is 0 Å². The Kier molecular flexibility index (Phi) is 5.01. The minimum Gasteiger partial charge on any atom is -0.508 e. The van der Waals surface area contributed by atoms with E-state index < -0.39 is 0 Å². The summed E-state index contributed by atoms with van der Waals surface area (Å²) in [5.41, 5.74) is 0.557. The number of rotatable bonds is 4. The third-order valence-electron chi connectivity index (χ3n) is 4.15. The van der Waals surface area contributed by atoms with Crippen molar-refractivity contribution in [3.63, 3.8) is 0 Å². The predicted octanol–water partition coefficient (Wildman–Crippen LogP) is 2.38. The summed E-state index contributed by atoms with van der Waals surface area (Å²) in [6, 6.07) is 7.48. The lowest BCUT2D eigenvalue weighted by Gasteiger charge is -2.35. The molecule has 0 spiro atoms. The second-order valence-electron chi connectivity index (χ2n) is 5.53. The van der Waals surface area contributed by atoms with Crippen molar-refractivity contribution in [3.8, 4) is 5.75 Å². The van der Waals surface area contributed by atoms with Crippen LogP contribution in [-0.2, 0) is 0 Å². The zero-order chi connectivity index (χ0) is 14.5. The van der Waals surface area contributed by atoms with Crippen LogP contribution in [0.1, 0.15) is 43.0 Å². The lowest BCUT2D eigenvalue weighted by molar-refractivity contribution is 0.0684. The highest BCUT2D eigenvalue weighted by Gasteiger charge is 2.26. The third-order valence-corrected chi connectivity index (χ3v) is 4.15. The van der Waals surface area contributed by atoms with Crippen LogP contribution < -0.4 is 5.32 Å². The average Bonchev–Trinajstić information content (AvgIpc) is 2.47. The van der Waals surface area contributed by atoms with Gasteiger partial charge in [0.15, 0.2) is 0 Å². The minimum atomic E-state index is -0.00667. The van der Waals surface area contributed by atoms with Crippen molar-refractivity contribution in [2.24, 2.45) is 0 Å². The molecule has 0 bridgehead atoms. The highest BCUT2D eigenvalue weighted by Crippen LogP contribution is 2.24. The van der Waals surface area contributed by atoms with Crippen LogP contribution >= 0.6 is 0 Å². The van der Waals surface area contributed by atoms with E-state index in [2.05, 4.69) is 12.2 Å². The SMILES string of the molecule is CCNC1CCC(N(C)C(=O)c2cccc(O)c2)CC1. The van der Waals surface area contributed by atoms with E-state index in [-0.39, 0.29) is 11.7 Å². The van der Waals surface area contributed by atoms with Crippen molar-refractivity contribution in [1.29, 1.82) is 0 Å². The van der Waals surface area contributed by atoms with Gasteiger partial charge in [-0.3, -0.25) is 4.79 Å². The maximum atomic E-state index is 12.4. The highest BCUT2D eigenvalue weighted by atomic mass is 16.3. The summed E-state index contributed by atoms with van der Waals surface area (Å²) in [5, 5.41) is 12.9. The van der Waals surface area contributed by atoms with E-state index in [0.29, 0.717) is 17.6 Å². The van der Waals surface area contributed by atoms with Crippen molar-refractivity contribution >= 4 is 5.91 Å². The molecule has 1 aromatic rings. The molecule has 2 N–H and O–H groups in total. The number of nitrogens with one attached hydrogen (secondary N) is 1. The van der Waals surface area contributed by atoms with Crippen molar-refractivity contribution in [1.82, 2.24) is 10.2 Å². The summed E-state index contributed by atoms with van der Waals surface area (Å²) >= 11 is 0. The molecule has 0 heterocycles. The summed E-state index contributed by atoms with van der Waals surface area (Å²) < 4.78 is 0. The lowest BCUT2D eigenvalue weighted by Crippen LogP contribution is -2.43. The first-order chi connectivity index (χ1) is 9.61. The van der Waals surface area contributed by atoms with Crippen LogP contribution in [0.4, 0.5) is 0 Å². The number of carbonyl (C=O) groups excluding carboxylic acids is 1. The molecule has 1 aliphatic rings. The predicted molar refractivity (Wildman–Crippen MR) is 79.9 cm³/mol. The summed E-state index contributed by atoms with van der Waals surface area (Å²) in [6.45, 7) is 3.14. The van der Waals surface area contributed by atoms with Gasteiger partial charge in [-0.25, -0.2) is 0 Å². The zero-order valence-corrected chi connectivity index (χ0v) is 12.3. The van der Waals surface area contributed by atoms with Gasteiger partial charge < -0.3 is 15.3 Å². The normalized spacial score (nSPS) is 22.5. The molecule has 20 heavy (non-hydrogen) atoms. The van der Waals surface area contributed by atoms with Crippen LogP contribution in [0.5, 0.6) is 5.75 Å². The van der Waals surface area contributed by atoms with E-state index in [9.17, 15) is 9.90 Å². The number of aromatic hydroxyl groups is 1.